The second kappa shape index (κ2) is 6.81. The number of H-pyrrole nitrogens is 1. The molecule has 1 unspecified atom stereocenters. The third kappa shape index (κ3) is 3.06. The van der Waals surface area contributed by atoms with Crippen LogP contribution in [0.5, 0.6) is 5.75 Å². The molecule has 146 valence electrons. The number of aryl methyl sites for hydroxylation is 1. The first-order valence-electron chi connectivity index (χ1n) is 9.65. The Balaban J connectivity index is 1.50. The van der Waals surface area contributed by atoms with Gasteiger partial charge in [-0.3, -0.25) is 9.48 Å². The van der Waals surface area contributed by atoms with Crippen molar-refractivity contribution in [1.82, 2.24) is 19.7 Å². The number of rotatable bonds is 3. The molecule has 6 heteroatoms. The molecular formula is C23H22N4O2. The third-order valence-corrected chi connectivity index (χ3v) is 5.67. The molecule has 2 aromatic heterocycles. The Morgan fingerprint density at radius 1 is 1.21 bits per heavy atom. The summed E-state index contributed by atoms with van der Waals surface area (Å²) in [5, 5.41) is 5.33. The number of amides is 1. The molecule has 0 fully saturated rings. The number of fused-ring (bicyclic) bond motifs is 2. The van der Waals surface area contributed by atoms with E-state index in [2.05, 4.69) is 28.3 Å². The molecule has 0 saturated heterocycles. The van der Waals surface area contributed by atoms with Gasteiger partial charge in [0, 0.05) is 49.2 Å². The largest absolute Gasteiger partial charge is 0.497 e. The maximum Gasteiger partial charge on any atom is 0.270 e. The molecule has 1 N–H and O–H groups in total. The van der Waals surface area contributed by atoms with Gasteiger partial charge >= 0.3 is 0 Å². The van der Waals surface area contributed by atoms with Gasteiger partial charge in [-0.2, -0.15) is 5.10 Å². The monoisotopic (exact) mass is 386 g/mol. The molecule has 1 aliphatic heterocycles. The van der Waals surface area contributed by atoms with E-state index in [9.17, 15) is 4.79 Å². The van der Waals surface area contributed by atoms with E-state index < -0.39 is 0 Å². The van der Waals surface area contributed by atoms with Gasteiger partial charge in [-0.1, -0.05) is 24.3 Å². The summed E-state index contributed by atoms with van der Waals surface area (Å²) in [6.07, 6.45) is 3.93. The Morgan fingerprint density at radius 2 is 2.07 bits per heavy atom. The molecule has 29 heavy (non-hydrogen) atoms. The minimum Gasteiger partial charge on any atom is -0.497 e. The number of ether oxygens (including phenoxy) is 1. The summed E-state index contributed by atoms with van der Waals surface area (Å²) in [6.45, 7) is 1.23. The number of carbonyl (C=O) groups excluding carboxylic acids is 1. The number of hydrogen-bond donors (Lipinski definition) is 1. The summed E-state index contributed by atoms with van der Waals surface area (Å²) < 4.78 is 7.10. The normalized spacial score (nSPS) is 16.1. The van der Waals surface area contributed by atoms with Gasteiger partial charge in [0.1, 0.15) is 11.4 Å². The highest BCUT2D eigenvalue weighted by molar-refractivity contribution is 5.98. The third-order valence-electron chi connectivity index (χ3n) is 5.67. The Labute approximate surface area is 168 Å². The first kappa shape index (κ1) is 17.6. The van der Waals surface area contributed by atoms with Crippen LogP contribution in [-0.2, 0) is 13.6 Å². The van der Waals surface area contributed by atoms with E-state index in [0.717, 1.165) is 22.2 Å². The first-order valence-corrected chi connectivity index (χ1v) is 9.65. The zero-order chi connectivity index (χ0) is 20.0. The van der Waals surface area contributed by atoms with Gasteiger partial charge in [0.05, 0.1) is 13.3 Å². The molecule has 0 bridgehead atoms. The highest BCUT2D eigenvalue weighted by Crippen LogP contribution is 2.34. The molecule has 0 saturated carbocycles. The Bertz CT molecular complexity index is 1210. The molecular weight excluding hydrogens is 364 g/mol. The lowest BCUT2D eigenvalue weighted by Crippen LogP contribution is -2.38. The minimum absolute atomic E-state index is 0.00330. The van der Waals surface area contributed by atoms with E-state index in [1.54, 1.807) is 7.11 Å². The second-order valence-electron chi connectivity index (χ2n) is 7.52. The summed E-state index contributed by atoms with van der Waals surface area (Å²) >= 11 is 0. The fraction of sp³-hybridized carbons (Fsp3) is 0.217. The number of carbonyl (C=O) groups is 1. The highest BCUT2D eigenvalue weighted by Gasteiger charge is 2.30. The van der Waals surface area contributed by atoms with Gasteiger partial charge in [0.15, 0.2) is 0 Å². The van der Waals surface area contributed by atoms with Crippen LogP contribution in [0.15, 0.2) is 60.9 Å². The number of aromatic amines is 1. The van der Waals surface area contributed by atoms with Crippen LogP contribution in [0.1, 0.15) is 33.1 Å². The van der Waals surface area contributed by atoms with Gasteiger partial charge in [-0.05, 0) is 34.9 Å². The van der Waals surface area contributed by atoms with Crippen molar-refractivity contribution in [3.8, 4) is 5.75 Å². The molecule has 0 spiro atoms. The molecule has 1 atom stereocenters. The standard InChI is InChI=1S/C23H22N4O2/c1-26-12-17(11-24-26)20-14-27(13-16-5-3-4-6-19(16)20)23(28)22-9-15-7-8-18(29-2)10-21(15)25-22/h3-12,20,25H,13-14H2,1-2H3. The van der Waals surface area contributed by atoms with Gasteiger partial charge in [0.25, 0.3) is 5.91 Å². The van der Waals surface area contributed by atoms with E-state index >= 15 is 0 Å². The lowest BCUT2D eigenvalue weighted by molar-refractivity contribution is 0.0720. The van der Waals surface area contributed by atoms with Crippen LogP contribution in [0.25, 0.3) is 10.9 Å². The van der Waals surface area contributed by atoms with E-state index in [1.165, 1.54) is 11.1 Å². The zero-order valence-electron chi connectivity index (χ0n) is 16.4. The molecule has 1 aliphatic rings. The van der Waals surface area contributed by atoms with Crippen LogP contribution in [-0.4, -0.2) is 39.2 Å². The summed E-state index contributed by atoms with van der Waals surface area (Å²) in [6, 6.07) is 16.0. The van der Waals surface area contributed by atoms with Crippen molar-refractivity contribution in [2.45, 2.75) is 12.5 Å². The SMILES string of the molecule is COc1ccc2cc(C(=O)N3Cc4ccccc4C(c4cnn(C)c4)C3)[nH]c2c1. The summed E-state index contributed by atoms with van der Waals surface area (Å²) in [4.78, 5) is 18.5. The van der Waals surface area contributed by atoms with Crippen LogP contribution in [0.4, 0.5) is 0 Å². The number of nitrogens with one attached hydrogen (secondary N) is 1. The van der Waals surface area contributed by atoms with E-state index in [4.69, 9.17) is 4.74 Å². The van der Waals surface area contributed by atoms with Crippen LogP contribution in [0.3, 0.4) is 0 Å². The van der Waals surface area contributed by atoms with E-state index in [0.29, 0.717) is 18.8 Å². The Morgan fingerprint density at radius 3 is 2.86 bits per heavy atom. The van der Waals surface area contributed by atoms with E-state index in [1.807, 2.05) is 59.4 Å². The second-order valence-corrected chi connectivity index (χ2v) is 7.52. The number of nitrogens with zero attached hydrogens (tertiary/aromatic N) is 3. The summed E-state index contributed by atoms with van der Waals surface area (Å²) in [5.41, 5.74) is 5.06. The van der Waals surface area contributed by atoms with Crippen LogP contribution < -0.4 is 4.74 Å². The van der Waals surface area contributed by atoms with Crippen LogP contribution in [0, 0.1) is 0 Å². The van der Waals surface area contributed by atoms with Gasteiger partial charge < -0.3 is 14.6 Å². The maximum atomic E-state index is 13.4. The lowest BCUT2D eigenvalue weighted by Gasteiger charge is -2.34. The average molecular weight is 386 g/mol. The predicted octanol–water partition coefficient (Wildman–Crippen LogP) is 3.70. The van der Waals surface area contributed by atoms with Crippen molar-refractivity contribution in [1.29, 1.82) is 0 Å². The van der Waals surface area contributed by atoms with Gasteiger partial charge in [-0.25, -0.2) is 0 Å². The highest BCUT2D eigenvalue weighted by atomic mass is 16.5. The fourth-order valence-corrected chi connectivity index (χ4v) is 4.19. The molecule has 6 nitrogen and oxygen atoms in total. The van der Waals surface area contributed by atoms with Gasteiger partial charge in [0.2, 0.25) is 0 Å². The maximum absolute atomic E-state index is 13.4. The number of hydrogen-bond acceptors (Lipinski definition) is 3. The number of aromatic nitrogens is 3. The molecule has 5 rings (SSSR count). The molecule has 1 amide bonds. The lowest BCUT2D eigenvalue weighted by atomic mass is 9.86. The summed E-state index contributed by atoms with van der Waals surface area (Å²) in [7, 11) is 3.56. The fourth-order valence-electron chi connectivity index (χ4n) is 4.19. The topological polar surface area (TPSA) is 63.1 Å². The van der Waals surface area contributed by atoms with Crippen molar-refractivity contribution in [2.75, 3.05) is 13.7 Å². The quantitative estimate of drug-likeness (QED) is 0.584. The van der Waals surface area contributed by atoms with E-state index in [-0.39, 0.29) is 11.8 Å². The Kier molecular flexibility index (Phi) is 4.12. The smallest absolute Gasteiger partial charge is 0.270 e. The molecule has 3 heterocycles. The average Bonchev–Trinajstić information content (AvgIpc) is 3.37. The van der Waals surface area contributed by atoms with Crippen molar-refractivity contribution in [2.24, 2.45) is 7.05 Å². The van der Waals surface area contributed by atoms with Crippen molar-refractivity contribution < 1.29 is 9.53 Å². The van der Waals surface area contributed by atoms with Crippen molar-refractivity contribution in [3.63, 3.8) is 0 Å². The molecule has 2 aromatic carbocycles. The molecule has 4 aromatic rings. The zero-order valence-corrected chi connectivity index (χ0v) is 16.4. The first-order chi connectivity index (χ1) is 14.1. The molecule has 0 aliphatic carbocycles. The van der Waals surface area contributed by atoms with Crippen molar-refractivity contribution >= 4 is 16.8 Å². The predicted molar refractivity (Wildman–Crippen MR) is 111 cm³/mol. The summed E-state index contributed by atoms with van der Waals surface area (Å²) in [5.74, 6) is 0.882. The minimum atomic E-state index is 0.00330. The Hall–Kier alpha value is -3.54. The van der Waals surface area contributed by atoms with Crippen LogP contribution in [0.2, 0.25) is 0 Å². The van der Waals surface area contributed by atoms with Crippen LogP contribution >= 0.6 is 0 Å². The number of methoxy groups -OCH3 is 1. The molecule has 0 radical (unpaired) electrons. The number of benzene rings is 2. The van der Waals surface area contributed by atoms with Gasteiger partial charge in [-0.15, -0.1) is 0 Å². The van der Waals surface area contributed by atoms with Crippen molar-refractivity contribution in [3.05, 3.63) is 83.3 Å².